The number of aromatic amines is 1. The molecular formula is C19H20N4O. The number of fused-ring (bicyclic) bond motifs is 1. The van der Waals surface area contributed by atoms with Gasteiger partial charge in [-0.25, -0.2) is 5.43 Å². The maximum atomic E-state index is 12.1. The van der Waals surface area contributed by atoms with Gasteiger partial charge in [0.25, 0.3) is 5.91 Å². The Morgan fingerprint density at radius 3 is 2.71 bits per heavy atom. The fourth-order valence-electron chi connectivity index (χ4n) is 2.43. The van der Waals surface area contributed by atoms with Crippen LogP contribution in [0.3, 0.4) is 0 Å². The monoisotopic (exact) mass is 320 g/mol. The van der Waals surface area contributed by atoms with Gasteiger partial charge in [-0.15, -0.1) is 0 Å². The zero-order valence-electron chi connectivity index (χ0n) is 13.7. The van der Waals surface area contributed by atoms with E-state index >= 15 is 0 Å². The molecule has 1 heterocycles. The Balaban J connectivity index is 1.59. The van der Waals surface area contributed by atoms with Gasteiger partial charge in [-0.3, -0.25) is 4.79 Å². The molecule has 0 aliphatic rings. The highest BCUT2D eigenvalue weighted by molar-refractivity contribution is 5.99. The van der Waals surface area contributed by atoms with Gasteiger partial charge in [0.05, 0.1) is 6.21 Å². The first-order chi connectivity index (χ1) is 11.6. The Morgan fingerprint density at radius 2 is 1.92 bits per heavy atom. The lowest BCUT2D eigenvalue weighted by Gasteiger charge is -2.13. The Labute approximate surface area is 140 Å². The molecule has 2 aromatic carbocycles. The van der Waals surface area contributed by atoms with Crippen molar-refractivity contribution in [2.45, 2.75) is 19.9 Å². The van der Waals surface area contributed by atoms with Gasteiger partial charge in [0, 0.05) is 28.4 Å². The number of nitrogens with zero attached hydrogens (tertiary/aromatic N) is 1. The summed E-state index contributed by atoms with van der Waals surface area (Å²) in [6.45, 7) is 3.83. The molecule has 0 fully saturated rings. The summed E-state index contributed by atoms with van der Waals surface area (Å²) in [6, 6.07) is 15.5. The topological polar surface area (TPSA) is 69.3 Å². The lowest BCUT2D eigenvalue weighted by atomic mass is 10.2. The average molecular weight is 320 g/mol. The summed E-state index contributed by atoms with van der Waals surface area (Å²) in [5.74, 6) is -0.188. The molecule has 0 saturated carbocycles. The lowest BCUT2D eigenvalue weighted by molar-refractivity contribution is -0.121. The lowest BCUT2D eigenvalue weighted by Crippen LogP contribution is -2.34. The second kappa shape index (κ2) is 7.00. The number of hydrazone groups is 1. The van der Waals surface area contributed by atoms with Gasteiger partial charge < -0.3 is 10.3 Å². The molecule has 1 amide bonds. The highest BCUT2D eigenvalue weighted by Gasteiger charge is 2.11. The zero-order valence-corrected chi connectivity index (χ0v) is 13.7. The maximum Gasteiger partial charge on any atom is 0.262 e. The van der Waals surface area contributed by atoms with E-state index in [1.54, 1.807) is 13.1 Å². The quantitative estimate of drug-likeness (QED) is 0.498. The number of aryl methyl sites for hydroxylation is 1. The van der Waals surface area contributed by atoms with Crippen molar-refractivity contribution >= 4 is 28.7 Å². The summed E-state index contributed by atoms with van der Waals surface area (Å²) in [5, 5.41) is 8.28. The van der Waals surface area contributed by atoms with Gasteiger partial charge in [0.15, 0.2) is 0 Å². The predicted octanol–water partition coefficient (Wildman–Crippen LogP) is 3.43. The first-order valence-electron chi connectivity index (χ1n) is 7.86. The van der Waals surface area contributed by atoms with E-state index in [0.717, 1.165) is 22.2 Å². The van der Waals surface area contributed by atoms with Crippen molar-refractivity contribution in [3.05, 3.63) is 65.9 Å². The van der Waals surface area contributed by atoms with Crippen molar-refractivity contribution in [3.63, 3.8) is 0 Å². The van der Waals surface area contributed by atoms with Gasteiger partial charge in [-0.1, -0.05) is 35.9 Å². The van der Waals surface area contributed by atoms with Crippen LogP contribution in [0, 0.1) is 6.92 Å². The highest BCUT2D eigenvalue weighted by atomic mass is 16.2. The van der Waals surface area contributed by atoms with E-state index in [9.17, 15) is 4.79 Å². The molecule has 122 valence electrons. The van der Waals surface area contributed by atoms with E-state index in [1.807, 2.05) is 61.7 Å². The molecule has 5 nitrogen and oxygen atoms in total. The fourth-order valence-corrected chi connectivity index (χ4v) is 2.43. The Hall–Kier alpha value is -3.08. The molecule has 0 spiro atoms. The number of hydrogen-bond acceptors (Lipinski definition) is 3. The van der Waals surface area contributed by atoms with Crippen molar-refractivity contribution in [1.82, 2.24) is 10.4 Å². The summed E-state index contributed by atoms with van der Waals surface area (Å²) >= 11 is 0. The van der Waals surface area contributed by atoms with Crippen LogP contribution in [-0.2, 0) is 4.79 Å². The fraction of sp³-hybridized carbons (Fsp3) is 0.158. The van der Waals surface area contributed by atoms with E-state index in [1.165, 1.54) is 5.56 Å². The third-order valence-corrected chi connectivity index (χ3v) is 3.83. The normalized spacial score (nSPS) is 12.4. The molecule has 3 aromatic rings. The van der Waals surface area contributed by atoms with E-state index < -0.39 is 0 Å². The molecule has 1 aromatic heterocycles. The highest BCUT2D eigenvalue weighted by Crippen LogP contribution is 2.15. The molecule has 3 N–H and O–H groups in total. The first-order valence-corrected chi connectivity index (χ1v) is 7.86. The largest absolute Gasteiger partial charge is 0.374 e. The second-order valence-corrected chi connectivity index (χ2v) is 5.76. The number of rotatable bonds is 5. The molecule has 1 atom stereocenters. The molecule has 0 radical (unpaired) electrons. The molecule has 24 heavy (non-hydrogen) atoms. The Morgan fingerprint density at radius 1 is 1.17 bits per heavy atom. The Kier molecular flexibility index (Phi) is 4.61. The van der Waals surface area contributed by atoms with Crippen molar-refractivity contribution in [3.8, 4) is 0 Å². The van der Waals surface area contributed by atoms with Crippen molar-refractivity contribution in [2.24, 2.45) is 5.10 Å². The molecule has 0 saturated heterocycles. The minimum Gasteiger partial charge on any atom is -0.374 e. The molecule has 3 rings (SSSR count). The molecule has 5 heteroatoms. The summed E-state index contributed by atoms with van der Waals surface area (Å²) in [7, 11) is 0. The molecular weight excluding hydrogens is 300 g/mol. The van der Waals surface area contributed by atoms with E-state index in [-0.39, 0.29) is 11.9 Å². The minimum absolute atomic E-state index is 0.188. The van der Waals surface area contributed by atoms with Crippen molar-refractivity contribution in [1.29, 1.82) is 0 Å². The van der Waals surface area contributed by atoms with Crippen LogP contribution in [0.4, 0.5) is 5.69 Å². The number of nitrogens with one attached hydrogen (secondary N) is 3. The van der Waals surface area contributed by atoms with Crippen LogP contribution in [0.2, 0.25) is 0 Å². The third kappa shape index (κ3) is 3.63. The SMILES string of the molecule is Cc1ccc(N[C@@H](C)C(=O)N/N=C\c2c[nH]c3ccccc23)cc1. The second-order valence-electron chi connectivity index (χ2n) is 5.76. The molecule has 0 bridgehead atoms. The van der Waals surface area contributed by atoms with Crippen molar-refractivity contribution < 1.29 is 4.79 Å². The summed E-state index contributed by atoms with van der Waals surface area (Å²) < 4.78 is 0. The summed E-state index contributed by atoms with van der Waals surface area (Å²) in [5.41, 5.74) is 6.64. The molecule has 0 aliphatic heterocycles. The van der Waals surface area contributed by atoms with Gasteiger partial charge in [-0.2, -0.15) is 5.10 Å². The van der Waals surface area contributed by atoms with Gasteiger partial charge in [-0.05, 0) is 32.0 Å². The number of carbonyl (C=O) groups excluding carboxylic acids is 1. The van der Waals surface area contributed by atoms with Gasteiger partial charge in [0.1, 0.15) is 6.04 Å². The number of carbonyl (C=O) groups is 1. The van der Waals surface area contributed by atoms with E-state index in [0.29, 0.717) is 0 Å². The van der Waals surface area contributed by atoms with Crippen LogP contribution in [0.25, 0.3) is 10.9 Å². The smallest absolute Gasteiger partial charge is 0.262 e. The maximum absolute atomic E-state index is 12.1. The number of aromatic nitrogens is 1. The van der Waals surface area contributed by atoms with Gasteiger partial charge >= 0.3 is 0 Å². The van der Waals surface area contributed by atoms with E-state index in [2.05, 4.69) is 20.8 Å². The zero-order chi connectivity index (χ0) is 16.9. The third-order valence-electron chi connectivity index (χ3n) is 3.83. The number of anilines is 1. The number of hydrogen-bond donors (Lipinski definition) is 3. The van der Waals surface area contributed by atoms with Crippen LogP contribution in [-0.4, -0.2) is 23.1 Å². The van der Waals surface area contributed by atoms with E-state index in [4.69, 9.17) is 0 Å². The number of H-pyrrole nitrogens is 1. The van der Waals surface area contributed by atoms with Crippen LogP contribution in [0.5, 0.6) is 0 Å². The number of benzene rings is 2. The summed E-state index contributed by atoms with van der Waals surface area (Å²) in [6.07, 6.45) is 3.52. The minimum atomic E-state index is -0.382. The number of amides is 1. The van der Waals surface area contributed by atoms with Crippen LogP contribution < -0.4 is 10.7 Å². The van der Waals surface area contributed by atoms with Crippen LogP contribution in [0.1, 0.15) is 18.1 Å². The standard InChI is InChI=1S/C19H20N4O/c1-13-7-9-16(10-8-13)22-14(2)19(24)23-21-12-15-11-20-18-6-4-3-5-17(15)18/h3-12,14,20,22H,1-2H3,(H,23,24)/b21-12-/t14-/m0/s1. The number of para-hydroxylation sites is 1. The predicted molar refractivity (Wildman–Crippen MR) is 98.3 cm³/mol. The summed E-state index contributed by atoms with van der Waals surface area (Å²) in [4.78, 5) is 15.3. The first kappa shape index (κ1) is 15.8. The Bertz CT molecular complexity index is 864. The van der Waals surface area contributed by atoms with Crippen molar-refractivity contribution in [2.75, 3.05) is 5.32 Å². The average Bonchev–Trinajstić information content (AvgIpc) is 3.00. The molecule has 0 unspecified atom stereocenters. The molecule has 0 aliphatic carbocycles. The van der Waals surface area contributed by atoms with Gasteiger partial charge in [0.2, 0.25) is 0 Å². The van der Waals surface area contributed by atoms with Crippen LogP contribution in [0.15, 0.2) is 59.8 Å². The van der Waals surface area contributed by atoms with Crippen LogP contribution >= 0.6 is 0 Å².